The van der Waals surface area contributed by atoms with Crippen LogP contribution in [0.25, 0.3) is 10.9 Å². The number of nitrogens with zero attached hydrogens (tertiary/aromatic N) is 4. The summed E-state index contributed by atoms with van der Waals surface area (Å²) in [6.07, 6.45) is 6.95. The first-order chi connectivity index (χ1) is 15.1. The van der Waals surface area contributed by atoms with Crippen molar-refractivity contribution in [3.05, 3.63) is 68.2 Å². The van der Waals surface area contributed by atoms with Crippen LogP contribution in [0, 0.1) is 11.3 Å². The van der Waals surface area contributed by atoms with Gasteiger partial charge in [0.1, 0.15) is 11.9 Å². The fourth-order valence-electron chi connectivity index (χ4n) is 3.90. The Hall–Kier alpha value is -2.88. The van der Waals surface area contributed by atoms with E-state index in [1.807, 2.05) is 24.3 Å². The third-order valence-corrected chi connectivity index (χ3v) is 5.93. The van der Waals surface area contributed by atoms with Crippen molar-refractivity contribution in [1.82, 2.24) is 9.66 Å². The lowest BCUT2D eigenvalue weighted by atomic mass is 9.88. The van der Waals surface area contributed by atoms with Gasteiger partial charge >= 0.3 is 0 Å². The van der Waals surface area contributed by atoms with Gasteiger partial charge in [-0.25, -0.2) is 4.98 Å². The van der Waals surface area contributed by atoms with E-state index >= 15 is 0 Å². The summed E-state index contributed by atoms with van der Waals surface area (Å²) in [7, 11) is 0. The predicted octanol–water partition coefficient (Wildman–Crippen LogP) is 5.54. The molecule has 0 radical (unpaired) electrons. The van der Waals surface area contributed by atoms with Gasteiger partial charge in [-0.05, 0) is 42.7 Å². The topological polar surface area (TPSA) is 80.3 Å². The third-order valence-electron chi connectivity index (χ3n) is 5.37. The summed E-state index contributed by atoms with van der Waals surface area (Å²) in [6, 6.07) is 12.5. The molecule has 4 rings (SSSR count). The molecule has 3 aromatic rings. The Morgan fingerprint density at radius 2 is 1.90 bits per heavy atom. The summed E-state index contributed by atoms with van der Waals surface area (Å²) in [5.41, 5.74) is 1.09. The van der Waals surface area contributed by atoms with E-state index in [0.717, 1.165) is 25.7 Å². The quantitative estimate of drug-likeness (QED) is 0.474. The molecule has 0 unspecified atom stereocenters. The third kappa shape index (κ3) is 4.58. The molecule has 0 amide bonds. The highest BCUT2D eigenvalue weighted by atomic mass is 35.5. The zero-order valence-corrected chi connectivity index (χ0v) is 18.2. The maximum atomic E-state index is 13.2. The van der Waals surface area contributed by atoms with Crippen LogP contribution < -0.4 is 10.3 Å². The van der Waals surface area contributed by atoms with Crippen LogP contribution in [0.5, 0.6) is 5.75 Å². The number of benzene rings is 2. The number of nitriles is 1. The summed E-state index contributed by atoms with van der Waals surface area (Å²) in [4.78, 5) is 18.0. The van der Waals surface area contributed by atoms with Gasteiger partial charge in [-0.1, -0.05) is 54.6 Å². The van der Waals surface area contributed by atoms with Gasteiger partial charge in [0.15, 0.2) is 12.4 Å². The minimum Gasteiger partial charge on any atom is -0.476 e. The summed E-state index contributed by atoms with van der Waals surface area (Å²) in [6.45, 7) is -0.157. The van der Waals surface area contributed by atoms with Crippen molar-refractivity contribution < 1.29 is 4.74 Å². The van der Waals surface area contributed by atoms with Gasteiger partial charge in [0.25, 0.3) is 5.56 Å². The molecule has 1 aliphatic carbocycles. The molecule has 1 heterocycles. The standard InChI is InChI=1S/C23H20Cl2N4O2/c24-18-12-15(13-19(25)21(18)31-11-10-26)14-27-29-22(16-6-2-1-3-7-16)28-20-9-5-4-8-17(20)23(29)30/h4-5,8-9,12-14,16H,1-3,6-7,11H2. The van der Waals surface area contributed by atoms with E-state index in [-0.39, 0.29) is 33.9 Å². The van der Waals surface area contributed by atoms with Crippen molar-refractivity contribution in [2.45, 2.75) is 38.0 Å². The van der Waals surface area contributed by atoms with Crippen molar-refractivity contribution >= 4 is 40.3 Å². The molecule has 1 saturated carbocycles. The highest BCUT2D eigenvalue weighted by Gasteiger charge is 2.22. The molecule has 2 aromatic carbocycles. The smallest absolute Gasteiger partial charge is 0.282 e. The van der Waals surface area contributed by atoms with Gasteiger partial charge < -0.3 is 4.74 Å². The second-order valence-electron chi connectivity index (χ2n) is 7.44. The highest BCUT2D eigenvalue weighted by molar-refractivity contribution is 6.37. The lowest BCUT2D eigenvalue weighted by Gasteiger charge is -2.22. The molecule has 0 atom stereocenters. The minimum absolute atomic E-state index is 0.157. The largest absolute Gasteiger partial charge is 0.476 e. The first-order valence-electron chi connectivity index (χ1n) is 10.1. The lowest BCUT2D eigenvalue weighted by molar-refractivity contribution is 0.368. The molecule has 158 valence electrons. The normalized spacial score (nSPS) is 14.7. The Morgan fingerprint density at radius 3 is 2.61 bits per heavy atom. The van der Waals surface area contributed by atoms with E-state index in [2.05, 4.69) is 5.10 Å². The summed E-state index contributed by atoms with van der Waals surface area (Å²) >= 11 is 12.5. The van der Waals surface area contributed by atoms with Crippen molar-refractivity contribution in [3.63, 3.8) is 0 Å². The van der Waals surface area contributed by atoms with Crippen LogP contribution in [-0.2, 0) is 0 Å². The maximum absolute atomic E-state index is 13.2. The first-order valence-corrected chi connectivity index (χ1v) is 10.9. The van der Waals surface area contributed by atoms with E-state index in [9.17, 15) is 4.79 Å². The molecule has 1 aromatic heterocycles. The zero-order valence-electron chi connectivity index (χ0n) is 16.7. The number of hydrogen-bond donors (Lipinski definition) is 0. The molecule has 0 spiro atoms. The monoisotopic (exact) mass is 454 g/mol. The number of para-hydroxylation sites is 1. The molecule has 1 aliphatic rings. The molecule has 1 fully saturated rings. The van der Waals surface area contributed by atoms with Crippen LogP contribution in [0.4, 0.5) is 0 Å². The zero-order chi connectivity index (χ0) is 21.8. The fraction of sp³-hybridized carbons (Fsp3) is 0.304. The van der Waals surface area contributed by atoms with Crippen LogP contribution >= 0.6 is 23.2 Å². The van der Waals surface area contributed by atoms with E-state index < -0.39 is 0 Å². The Bertz CT molecular complexity index is 1220. The van der Waals surface area contributed by atoms with Crippen molar-refractivity contribution in [2.75, 3.05) is 6.61 Å². The van der Waals surface area contributed by atoms with Crippen molar-refractivity contribution in [1.29, 1.82) is 5.26 Å². The molecule has 0 bridgehead atoms. The lowest BCUT2D eigenvalue weighted by Crippen LogP contribution is -2.25. The average molecular weight is 455 g/mol. The summed E-state index contributed by atoms with van der Waals surface area (Å²) in [5, 5.41) is 14.2. The second kappa shape index (κ2) is 9.51. The highest BCUT2D eigenvalue weighted by Crippen LogP contribution is 2.34. The van der Waals surface area contributed by atoms with Crippen LogP contribution in [-0.4, -0.2) is 22.5 Å². The number of hydrogen-bond acceptors (Lipinski definition) is 5. The molecule has 0 N–H and O–H groups in total. The van der Waals surface area contributed by atoms with Crippen LogP contribution in [0.15, 0.2) is 46.3 Å². The molecule has 31 heavy (non-hydrogen) atoms. The SMILES string of the molecule is N#CCOc1c(Cl)cc(C=Nn2c(C3CCCCC3)nc3ccccc3c2=O)cc1Cl. The number of fused-ring (bicyclic) bond motifs is 1. The molecule has 0 aliphatic heterocycles. The molecule has 6 nitrogen and oxygen atoms in total. The van der Waals surface area contributed by atoms with Gasteiger partial charge in [0.05, 0.1) is 27.2 Å². The Labute approximate surface area is 189 Å². The Morgan fingerprint density at radius 1 is 1.19 bits per heavy atom. The van der Waals surface area contributed by atoms with Gasteiger partial charge in [0, 0.05) is 5.92 Å². The maximum Gasteiger partial charge on any atom is 0.282 e. The molecule has 8 heteroatoms. The number of halogens is 2. The Kier molecular flexibility index (Phi) is 6.55. The van der Waals surface area contributed by atoms with Crippen LogP contribution in [0.1, 0.15) is 49.4 Å². The minimum atomic E-state index is -0.200. The van der Waals surface area contributed by atoms with Crippen LogP contribution in [0.3, 0.4) is 0 Å². The molecular weight excluding hydrogens is 435 g/mol. The molecular formula is C23H20Cl2N4O2. The van der Waals surface area contributed by atoms with Crippen LogP contribution in [0.2, 0.25) is 10.0 Å². The van der Waals surface area contributed by atoms with E-state index in [1.54, 1.807) is 18.2 Å². The average Bonchev–Trinajstić information content (AvgIpc) is 2.78. The van der Waals surface area contributed by atoms with Gasteiger partial charge in [-0.3, -0.25) is 4.79 Å². The van der Waals surface area contributed by atoms with E-state index in [4.69, 9.17) is 38.2 Å². The van der Waals surface area contributed by atoms with E-state index in [0.29, 0.717) is 22.3 Å². The number of ether oxygens (including phenoxy) is 1. The van der Waals surface area contributed by atoms with Gasteiger partial charge in [-0.15, -0.1) is 0 Å². The predicted molar refractivity (Wildman–Crippen MR) is 122 cm³/mol. The van der Waals surface area contributed by atoms with Gasteiger partial charge in [0.2, 0.25) is 0 Å². The number of aromatic nitrogens is 2. The van der Waals surface area contributed by atoms with E-state index in [1.165, 1.54) is 17.3 Å². The molecule has 0 saturated heterocycles. The van der Waals surface area contributed by atoms with Gasteiger partial charge in [-0.2, -0.15) is 15.0 Å². The van der Waals surface area contributed by atoms with Crippen molar-refractivity contribution in [3.8, 4) is 11.8 Å². The fourth-order valence-corrected chi connectivity index (χ4v) is 4.51. The van der Waals surface area contributed by atoms with Crippen molar-refractivity contribution in [2.24, 2.45) is 5.10 Å². The first kappa shape index (κ1) is 21.4. The summed E-state index contributed by atoms with van der Waals surface area (Å²) in [5.74, 6) is 1.12. The second-order valence-corrected chi connectivity index (χ2v) is 8.26. The summed E-state index contributed by atoms with van der Waals surface area (Å²) < 4.78 is 6.67. The number of rotatable bonds is 5. The Balaban J connectivity index is 1.77.